The molecule has 0 aromatic heterocycles. The van der Waals surface area contributed by atoms with Crippen molar-refractivity contribution in [2.24, 2.45) is 5.92 Å². The van der Waals surface area contributed by atoms with Crippen molar-refractivity contribution in [3.05, 3.63) is 33.8 Å². The second-order valence-corrected chi connectivity index (χ2v) is 5.61. The average molecular weight is 298 g/mol. The van der Waals surface area contributed by atoms with Gasteiger partial charge >= 0.3 is 5.97 Å². The molecule has 0 aliphatic carbocycles. The molecule has 1 aromatic carbocycles. The van der Waals surface area contributed by atoms with Crippen LogP contribution in [0.5, 0.6) is 0 Å². The molecule has 0 amide bonds. The largest absolute Gasteiger partial charge is 0.481 e. The van der Waals surface area contributed by atoms with Crippen LogP contribution < -0.4 is 0 Å². The van der Waals surface area contributed by atoms with E-state index in [-0.39, 0.29) is 0 Å². The molecule has 0 atom stereocenters. The van der Waals surface area contributed by atoms with E-state index in [0.717, 1.165) is 24.1 Å². The van der Waals surface area contributed by atoms with Gasteiger partial charge in [-0.15, -0.1) is 0 Å². The van der Waals surface area contributed by atoms with Gasteiger partial charge in [-0.3, -0.25) is 9.69 Å². The molecule has 0 saturated carbocycles. The van der Waals surface area contributed by atoms with Gasteiger partial charge in [0.1, 0.15) is 0 Å². The van der Waals surface area contributed by atoms with Gasteiger partial charge in [-0.25, -0.2) is 0 Å². The maximum atomic E-state index is 10.5. The monoisotopic (exact) mass is 297 g/mol. The van der Waals surface area contributed by atoms with Crippen LogP contribution in [0.4, 0.5) is 0 Å². The number of likely N-dealkylation sites (tertiary alicyclic amines) is 1. The molecule has 1 saturated heterocycles. The molecule has 17 heavy (non-hydrogen) atoms. The standard InChI is InChI=1S/C13H16BrNO2/c1-9-2-3-11(12(14)4-9)8-15-6-10(7-15)5-13(16)17/h2-4,10H,5-8H2,1H3,(H,16,17). The van der Waals surface area contributed by atoms with E-state index < -0.39 is 5.97 Å². The van der Waals surface area contributed by atoms with Crippen molar-refractivity contribution in [1.29, 1.82) is 0 Å². The molecule has 1 aliphatic heterocycles. The lowest BCUT2D eigenvalue weighted by Crippen LogP contribution is -2.46. The van der Waals surface area contributed by atoms with Gasteiger partial charge in [0, 0.05) is 24.1 Å². The van der Waals surface area contributed by atoms with Gasteiger partial charge in [0.05, 0.1) is 6.42 Å². The molecular weight excluding hydrogens is 282 g/mol. The molecule has 0 spiro atoms. The van der Waals surface area contributed by atoms with Gasteiger partial charge < -0.3 is 5.11 Å². The third-order valence-corrected chi connectivity index (χ3v) is 3.84. The summed E-state index contributed by atoms with van der Waals surface area (Å²) in [4.78, 5) is 12.8. The van der Waals surface area contributed by atoms with Crippen LogP contribution in [0.3, 0.4) is 0 Å². The van der Waals surface area contributed by atoms with Crippen LogP contribution in [-0.2, 0) is 11.3 Å². The SMILES string of the molecule is Cc1ccc(CN2CC(CC(=O)O)C2)c(Br)c1. The molecule has 2 rings (SSSR count). The van der Waals surface area contributed by atoms with E-state index in [1.807, 2.05) is 0 Å². The Kier molecular flexibility index (Phi) is 3.84. The first-order valence-corrected chi connectivity index (χ1v) is 6.53. The molecule has 4 heteroatoms. The van der Waals surface area contributed by atoms with E-state index in [9.17, 15) is 4.79 Å². The Balaban J connectivity index is 1.85. The number of hydrogen-bond donors (Lipinski definition) is 1. The quantitative estimate of drug-likeness (QED) is 0.929. The zero-order chi connectivity index (χ0) is 12.4. The molecule has 0 unspecified atom stereocenters. The van der Waals surface area contributed by atoms with Crippen molar-refractivity contribution in [2.75, 3.05) is 13.1 Å². The van der Waals surface area contributed by atoms with Gasteiger partial charge in [0.2, 0.25) is 0 Å². The molecule has 1 heterocycles. The number of aryl methyl sites for hydroxylation is 1. The summed E-state index contributed by atoms with van der Waals surface area (Å²) in [5.41, 5.74) is 2.51. The number of halogens is 1. The summed E-state index contributed by atoms with van der Waals surface area (Å²) in [5.74, 6) is -0.358. The van der Waals surface area contributed by atoms with Crippen LogP contribution >= 0.6 is 15.9 Å². The van der Waals surface area contributed by atoms with E-state index in [1.54, 1.807) is 0 Å². The van der Waals surface area contributed by atoms with Gasteiger partial charge in [0.25, 0.3) is 0 Å². The topological polar surface area (TPSA) is 40.5 Å². The van der Waals surface area contributed by atoms with Crippen LogP contribution in [0.15, 0.2) is 22.7 Å². The zero-order valence-corrected chi connectivity index (χ0v) is 11.4. The average Bonchev–Trinajstić information content (AvgIpc) is 2.17. The Morgan fingerprint density at radius 3 is 2.82 bits per heavy atom. The van der Waals surface area contributed by atoms with Crippen molar-refractivity contribution in [1.82, 2.24) is 4.90 Å². The fourth-order valence-electron chi connectivity index (χ4n) is 2.20. The first kappa shape index (κ1) is 12.6. The van der Waals surface area contributed by atoms with Crippen LogP contribution in [0.2, 0.25) is 0 Å². The normalized spacial score (nSPS) is 16.8. The maximum absolute atomic E-state index is 10.5. The third kappa shape index (κ3) is 3.30. The summed E-state index contributed by atoms with van der Waals surface area (Å²) < 4.78 is 1.14. The van der Waals surface area contributed by atoms with Crippen molar-refractivity contribution in [3.63, 3.8) is 0 Å². The van der Waals surface area contributed by atoms with Crippen LogP contribution in [-0.4, -0.2) is 29.1 Å². The Morgan fingerprint density at radius 2 is 2.24 bits per heavy atom. The molecule has 0 radical (unpaired) electrons. The molecule has 1 N–H and O–H groups in total. The van der Waals surface area contributed by atoms with Gasteiger partial charge in [-0.05, 0) is 30.0 Å². The van der Waals surface area contributed by atoms with Crippen LogP contribution in [0.1, 0.15) is 17.5 Å². The highest BCUT2D eigenvalue weighted by Crippen LogP contribution is 2.25. The molecule has 1 aromatic rings. The van der Waals surface area contributed by atoms with E-state index >= 15 is 0 Å². The molecule has 92 valence electrons. The van der Waals surface area contributed by atoms with Crippen molar-refractivity contribution >= 4 is 21.9 Å². The Bertz CT molecular complexity index is 427. The summed E-state index contributed by atoms with van der Waals surface area (Å²) in [6.07, 6.45) is 0.297. The van der Waals surface area contributed by atoms with Gasteiger partial charge in [-0.1, -0.05) is 28.1 Å². The van der Waals surface area contributed by atoms with Gasteiger partial charge in [-0.2, -0.15) is 0 Å². The van der Waals surface area contributed by atoms with Crippen molar-refractivity contribution in [2.45, 2.75) is 19.9 Å². The maximum Gasteiger partial charge on any atom is 0.303 e. The third-order valence-electron chi connectivity index (χ3n) is 3.10. The molecule has 1 aliphatic rings. The minimum atomic E-state index is -0.689. The summed E-state index contributed by atoms with van der Waals surface area (Å²) in [6, 6.07) is 6.35. The van der Waals surface area contributed by atoms with E-state index in [1.165, 1.54) is 11.1 Å². The number of hydrogen-bond acceptors (Lipinski definition) is 2. The molecule has 3 nitrogen and oxygen atoms in total. The fraction of sp³-hybridized carbons (Fsp3) is 0.462. The number of carbonyl (C=O) groups is 1. The van der Waals surface area contributed by atoms with Gasteiger partial charge in [0.15, 0.2) is 0 Å². The fourth-order valence-corrected chi connectivity index (χ4v) is 2.82. The molecule has 0 bridgehead atoms. The lowest BCUT2D eigenvalue weighted by Gasteiger charge is -2.38. The number of carboxylic acid groups (broad SMARTS) is 1. The number of nitrogens with zero attached hydrogens (tertiary/aromatic N) is 1. The molecular formula is C13H16BrNO2. The number of aliphatic carboxylic acids is 1. The molecule has 1 fully saturated rings. The van der Waals surface area contributed by atoms with Crippen molar-refractivity contribution < 1.29 is 9.90 Å². The Hall–Kier alpha value is -0.870. The highest BCUT2D eigenvalue weighted by atomic mass is 79.9. The Morgan fingerprint density at radius 1 is 1.53 bits per heavy atom. The minimum Gasteiger partial charge on any atom is -0.481 e. The number of carboxylic acids is 1. The minimum absolute atomic E-state index is 0.297. The predicted octanol–water partition coefficient (Wildman–Crippen LogP) is 2.66. The second-order valence-electron chi connectivity index (χ2n) is 4.75. The van der Waals surface area contributed by atoms with Crippen molar-refractivity contribution in [3.8, 4) is 0 Å². The first-order valence-electron chi connectivity index (χ1n) is 5.74. The van der Waals surface area contributed by atoms with E-state index in [2.05, 4.69) is 46.0 Å². The summed E-state index contributed by atoms with van der Waals surface area (Å²) in [5, 5.41) is 8.67. The summed E-state index contributed by atoms with van der Waals surface area (Å²) >= 11 is 3.56. The predicted molar refractivity (Wildman–Crippen MR) is 69.9 cm³/mol. The highest BCUT2D eigenvalue weighted by Gasteiger charge is 2.28. The number of rotatable bonds is 4. The summed E-state index contributed by atoms with van der Waals surface area (Å²) in [7, 11) is 0. The lowest BCUT2D eigenvalue weighted by atomic mass is 9.96. The van der Waals surface area contributed by atoms with Crippen LogP contribution in [0.25, 0.3) is 0 Å². The zero-order valence-electron chi connectivity index (χ0n) is 9.82. The van der Waals surface area contributed by atoms with Crippen LogP contribution in [0, 0.1) is 12.8 Å². The number of benzene rings is 1. The summed E-state index contributed by atoms with van der Waals surface area (Å²) in [6.45, 7) is 4.76. The lowest BCUT2D eigenvalue weighted by molar-refractivity contribution is -0.139. The smallest absolute Gasteiger partial charge is 0.303 e. The Labute approximate surface area is 110 Å². The van der Waals surface area contributed by atoms with E-state index in [4.69, 9.17) is 5.11 Å². The first-order chi connectivity index (χ1) is 8.04. The highest BCUT2D eigenvalue weighted by molar-refractivity contribution is 9.10. The van der Waals surface area contributed by atoms with E-state index in [0.29, 0.717) is 12.3 Å². The second kappa shape index (κ2) is 5.19.